The van der Waals surface area contributed by atoms with Crippen LogP contribution in [0.5, 0.6) is 0 Å². The van der Waals surface area contributed by atoms with Crippen LogP contribution in [0.3, 0.4) is 0 Å². The maximum atomic E-state index is 12.7. The van der Waals surface area contributed by atoms with Crippen LogP contribution in [-0.4, -0.2) is 41.9 Å². The van der Waals surface area contributed by atoms with Crippen LogP contribution in [0, 0.1) is 13.8 Å². The lowest BCUT2D eigenvalue weighted by Crippen LogP contribution is -2.28. The van der Waals surface area contributed by atoms with E-state index in [4.69, 9.17) is 4.74 Å². The number of amides is 2. The molecule has 2 amide bonds. The molecule has 0 saturated carbocycles. The first-order chi connectivity index (χ1) is 14.5. The summed E-state index contributed by atoms with van der Waals surface area (Å²) < 4.78 is 6.88. The van der Waals surface area contributed by atoms with Gasteiger partial charge in [0, 0.05) is 24.9 Å². The van der Waals surface area contributed by atoms with E-state index in [1.54, 1.807) is 43.5 Å². The lowest BCUT2D eigenvalue weighted by atomic mass is 10.1. The average molecular weight is 406 g/mol. The van der Waals surface area contributed by atoms with E-state index in [0.29, 0.717) is 36.5 Å². The van der Waals surface area contributed by atoms with Crippen LogP contribution in [0.1, 0.15) is 37.7 Å². The predicted molar refractivity (Wildman–Crippen MR) is 116 cm³/mol. The normalized spacial score (nSPS) is 10.6. The van der Waals surface area contributed by atoms with E-state index in [-0.39, 0.29) is 11.8 Å². The first-order valence-electron chi connectivity index (χ1n) is 9.75. The minimum atomic E-state index is -0.273. The number of carbonyl (C=O) groups excluding carboxylic acids is 2. The van der Waals surface area contributed by atoms with Crippen LogP contribution < -0.4 is 10.6 Å². The van der Waals surface area contributed by atoms with Gasteiger partial charge in [-0.15, -0.1) is 0 Å². The summed E-state index contributed by atoms with van der Waals surface area (Å²) >= 11 is 0. The van der Waals surface area contributed by atoms with Gasteiger partial charge >= 0.3 is 0 Å². The zero-order valence-electron chi connectivity index (χ0n) is 17.4. The van der Waals surface area contributed by atoms with E-state index in [0.717, 1.165) is 17.0 Å². The summed E-state index contributed by atoms with van der Waals surface area (Å²) in [6.07, 6.45) is 0. The van der Waals surface area contributed by atoms with Crippen LogP contribution in [0.2, 0.25) is 0 Å². The molecule has 3 rings (SSSR count). The minimum Gasteiger partial charge on any atom is -0.383 e. The first kappa shape index (κ1) is 21.3. The maximum absolute atomic E-state index is 12.7. The number of methoxy groups -OCH3 is 1. The summed E-state index contributed by atoms with van der Waals surface area (Å²) in [7, 11) is 1.57. The Balaban J connectivity index is 1.68. The van der Waals surface area contributed by atoms with Gasteiger partial charge in [-0.2, -0.15) is 5.10 Å². The molecule has 1 aromatic heterocycles. The topological polar surface area (TPSA) is 85.3 Å². The number of benzene rings is 2. The average Bonchev–Trinajstić information content (AvgIpc) is 3.05. The van der Waals surface area contributed by atoms with E-state index >= 15 is 0 Å². The monoisotopic (exact) mass is 406 g/mol. The summed E-state index contributed by atoms with van der Waals surface area (Å²) in [6, 6.07) is 16.3. The summed E-state index contributed by atoms with van der Waals surface area (Å²) in [5, 5.41) is 10.1. The van der Waals surface area contributed by atoms with Crippen molar-refractivity contribution in [3.8, 4) is 0 Å². The van der Waals surface area contributed by atoms with Crippen molar-refractivity contribution in [1.29, 1.82) is 0 Å². The highest BCUT2D eigenvalue weighted by Gasteiger charge is 2.14. The number of nitrogens with one attached hydrogen (secondary N) is 2. The number of nitrogens with zero attached hydrogens (tertiary/aromatic N) is 2. The van der Waals surface area contributed by atoms with Gasteiger partial charge in [0.1, 0.15) is 0 Å². The van der Waals surface area contributed by atoms with Gasteiger partial charge in [0.25, 0.3) is 11.8 Å². The van der Waals surface area contributed by atoms with Crippen LogP contribution in [0.4, 0.5) is 5.69 Å². The molecule has 0 spiro atoms. The number of aromatic nitrogens is 2. The van der Waals surface area contributed by atoms with Crippen molar-refractivity contribution in [1.82, 2.24) is 15.1 Å². The van der Waals surface area contributed by atoms with Crippen LogP contribution in [-0.2, 0) is 11.3 Å². The third-order valence-electron chi connectivity index (χ3n) is 4.66. The molecule has 0 unspecified atom stereocenters. The largest absolute Gasteiger partial charge is 0.383 e. The number of para-hydroxylation sites is 1. The van der Waals surface area contributed by atoms with Crippen molar-refractivity contribution < 1.29 is 14.3 Å². The zero-order chi connectivity index (χ0) is 21.5. The van der Waals surface area contributed by atoms with Gasteiger partial charge in [-0.05, 0) is 49.7 Å². The van der Waals surface area contributed by atoms with Crippen molar-refractivity contribution in [3.63, 3.8) is 0 Å². The molecule has 0 aliphatic rings. The molecule has 0 saturated heterocycles. The molecule has 2 N–H and O–H groups in total. The lowest BCUT2D eigenvalue weighted by Gasteiger charge is -2.12. The number of rotatable bonds is 8. The molecule has 0 atom stereocenters. The second-order valence-corrected chi connectivity index (χ2v) is 7.03. The molecule has 0 radical (unpaired) electrons. The molecule has 7 heteroatoms. The van der Waals surface area contributed by atoms with Crippen LogP contribution in [0.15, 0.2) is 54.6 Å². The van der Waals surface area contributed by atoms with Gasteiger partial charge in [-0.3, -0.25) is 14.3 Å². The molecule has 0 aliphatic heterocycles. The molecule has 7 nitrogen and oxygen atoms in total. The van der Waals surface area contributed by atoms with Crippen molar-refractivity contribution in [2.75, 3.05) is 25.6 Å². The first-order valence-corrected chi connectivity index (χ1v) is 9.75. The molecular weight excluding hydrogens is 380 g/mol. The molecule has 0 fully saturated rings. The van der Waals surface area contributed by atoms with Gasteiger partial charge in [-0.1, -0.05) is 24.3 Å². The second kappa shape index (κ2) is 9.84. The van der Waals surface area contributed by atoms with Crippen molar-refractivity contribution in [2.45, 2.75) is 20.4 Å². The van der Waals surface area contributed by atoms with Gasteiger partial charge < -0.3 is 15.4 Å². The Kier molecular flexibility index (Phi) is 6.98. The standard InChI is InChI=1S/C23H26N4O3/c1-16-14-17(2)27(26-16)15-18-8-10-19(11-9-18)22(28)25-21-7-5-4-6-20(21)23(29)24-12-13-30-3/h4-11,14H,12-13,15H2,1-3H3,(H,24,29)(H,25,28). The van der Waals surface area contributed by atoms with Gasteiger partial charge in [0.15, 0.2) is 0 Å². The van der Waals surface area contributed by atoms with Gasteiger partial charge in [0.2, 0.25) is 0 Å². The third-order valence-corrected chi connectivity index (χ3v) is 4.66. The molecule has 30 heavy (non-hydrogen) atoms. The van der Waals surface area contributed by atoms with E-state index in [1.165, 1.54) is 0 Å². The van der Waals surface area contributed by atoms with E-state index in [9.17, 15) is 9.59 Å². The summed E-state index contributed by atoms with van der Waals surface area (Å²) in [5.74, 6) is -0.534. The highest BCUT2D eigenvalue weighted by Crippen LogP contribution is 2.17. The van der Waals surface area contributed by atoms with Crippen molar-refractivity contribution in [2.24, 2.45) is 0 Å². The van der Waals surface area contributed by atoms with E-state index in [1.807, 2.05) is 36.7 Å². The Bertz CT molecular complexity index is 1030. The summed E-state index contributed by atoms with van der Waals surface area (Å²) in [4.78, 5) is 25.1. The number of ether oxygens (including phenoxy) is 1. The quantitative estimate of drug-likeness (QED) is 0.563. The SMILES string of the molecule is COCCNC(=O)c1ccccc1NC(=O)c1ccc(Cn2nc(C)cc2C)cc1. The highest BCUT2D eigenvalue weighted by molar-refractivity contribution is 6.09. The summed E-state index contributed by atoms with van der Waals surface area (Å²) in [5.41, 5.74) is 4.51. The molecular formula is C23H26N4O3. The van der Waals surface area contributed by atoms with E-state index in [2.05, 4.69) is 15.7 Å². The van der Waals surface area contributed by atoms with Crippen molar-refractivity contribution in [3.05, 3.63) is 82.7 Å². The molecule has 156 valence electrons. The fraction of sp³-hybridized carbons (Fsp3) is 0.261. The third kappa shape index (κ3) is 5.33. The molecule has 1 heterocycles. The highest BCUT2D eigenvalue weighted by atomic mass is 16.5. The Morgan fingerprint density at radius 1 is 1.03 bits per heavy atom. The van der Waals surface area contributed by atoms with Crippen LogP contribution >= 0.6 is 0 Å². The Hall–Kier alpha value is -3.45. The Morgan fingerprint density at radius 3 is 2.43 bits per heavy atom. The van der Waals surface area contributed by atoms with Gasteiger partial charge in [-0.25, -0.2) is 0 Å². The number of anilines is 1. The Morgan fingerprint density at radius 2 is 1.77 bits per heavy atom. The minimum absolute atomic E-state index is 0.261. The maximum Gasteiger partial charge on any atom is 0.255 e. The molecule has 3 aromatic rings. The predicted octanol–water partition coefficient (Wildman–Crippen LogP) is 3.18. The molecule has 0 bridgehead atoms. The lowest BCUT2D eigenvalue weighted by molar-refractivity contribution is 0.0938. The summed E-state index contributed by atoms with van der Waals surface area (Å²) in [6.45, 7) is 5.45. The zero-order valence-corrected chi connectivity index (χ0v) is 17.4. The molecule has 0 aliphatic carbocycles. The number of carbonyl (C=O) groups is 2. The number of hydrogen-bond donors (Lipinski definition) is 2. The Labute approximate surface area is 176 Å². The van der Waals surface area contributed by atoms with Crippen molar-refractivity contribution >= 4 is 17.5 Å². The van der Waals surface area contributed by atoms with Crippen LogP contribution in [0.25, 0.3) is 0 Å². The second-order valence-electron chi connectivity index (χ2n) is 7.03. The number of aryl methyl sites for hydroxylation is 2. The van der Waals surface area contributed by atoms with Gasteiger partial charge in [0.05, 0.1) is 30.1 Å². The van der Waals surface area contributed by atoms with E-state index < -0.39 is 0 Å². The number of hydrogen-bond acceptors (Lipinski definition) is 4. The fourth-order valence-corrected chi connectivity index (χ4v) is 3.12. The smallest absolute Gasteiger partial charge is 0.255 e. The molecule has 2 aromatic carbocycles. The fourth-order valence-electron chi connectivity index (χ4n) is 3.12.